The van der Waals surface area contributed by atoms with Gasteiger partial charge in [-0.15, -0.1) is 11.3 Å². The number of carbonyl (C=O) groups is 2. The number of aryl methyl sites for hydroxylation is 2. The Morgan fingerprint density at radius 3 is 2.55 bits per heavy atom. The number of fused-ring (bicyclic) bond motifs is 1. The minimum absolute atomic E-state index is 0.0697. The molecule has 1 saturated heterocycles. The maximum absolute atomic E-state index is 13.6. The Kier molecular flexibility index (Phi) is 7.22. The lowest BCUT2D eigenvalue weighted by Crippen LogP contribution is -2.29. The van der Waals surface area contributed by atoms with Crippen LogP contribution in [-0.4, -0.2) is 37.8 Å². The van der Waals surface area contributed by atoms with Crippen LogP contribution in [0.25, 0.3) is 11.4 Å². The highest BCUT2D eigenvalue weighted by molar-refractivity contribution is 7.14. The molecule has 5 aromatic rings. The first-order valence-corrected chi connectivity index (χ1v) is 14.4. The Morgan fingerprint density at radius 1 is 1.02 bits per heavy atom. The zero-order valence-corrected chi connectivity index (χ0v) is 24.1. The molecular formula is C32H28N4O5S. The number of nitrogens with zero attached hydrogens (tertiary/aromatic N) is 4. The minimum atomic E-state index is -0.969. The molecule has 1 amide bonds. The van der Waals surface area contributed by atoms with Crippen LogP contribution >= 0.6 is 11.3 Å². The molecule has 10 heteroatoms. The second-order valence-electron chi connectivity index (χ2n) is 9.83. The van der Waals surface area contributed by atoms with Gasteiger partial charge < -0.3 is 19.0 Å². The number of pyridine rings is 1. The molecule has 1 aliphatic rings. The molecule has 1 N–H and O–H groups in total. The van der Waals surface area contributed by atoms with E-state index in [1.807, 2.05) is 73.8 Å². The first-order valence-electron chi connectivity index (χ1n) is 13.5. The topological polar surface area (TPSA) is 106 Å². The first-order chi connectivity index (χ1) is 20.4. The van der Waals surface area contributed by atoms with E-state index in [0.29, 0.717) is 46.7 Å². The van der Waals surface area contributed by atoms with Crippen molar-refractivity contribution < 1.29 is 24.2 Å². The molecule has 9 nitrogen and oxygen atoms in total. The van der Waals surface area contributed by atoms with Gasteiger partial charge in [-0.1, -0.05) is 42.5 Å². The molecule has 1 unspecified atom stereocenters. The minimum Gasteiger partial charge on any atom is -0.505 e. The average Bonchev–Trinajstić information content (AvgIpc) is 3.71. The molecule has 3 aromatic heterocycles. The predicted molar refractivity (Wildman–Crippen MR) is 160 cm³/mol. The number of amides is 1. The molecule has 0 aliphatic carbocycles. The van der Waals surface area contributed by atoms with Crippen LogP contribution in [0.4, 0.5) is 5.13 Å². The summed E-state index contributed by atoms with van der Waals surface area (Å²) in [6, 6.07) is 17.9. The number of carbonyl (C=O) groups excluding carboxylic acids is 2. The lowest BCUT2D eigenvalue weighted by molar-refractivity contribution is -0.132. The van der Waals surface area contributed by atoms with Crippen molar-refractivity contribution in [3.8, 4) is 11.5 Å². The van der Waals surface area contributed by atoms with Gasteiger partial charge in [0.2, 0.25) is 0 Å². The molecule has 0 radical (unpaired) electrons. The SMILES string of the molecule is CCOc1cc(C2C(=C(O)c3nc4c(C)cccn4c3C)C(=O)C(=O)N2c2nccs2)ccc1OCc1ccccc1. The highest BCUT2D eigenvalue weighted by Gasteiger charge is 2.48. The van der Waals surface area contributed by atoms with Crippen molar-refractivity contribution in [3.05, 3.63) is 112 Å². The van der Waals surface area contributed by atoms with E-state index in [1.165, 1.54) is 16.2 Å². The van der Waals surface area contributed by atoms with Crippen molar-refractivity contribution in [2.45, 2.75) is 33.4 Å². The number of aliphatic hydroxyl groups excluding tert-OH is 1. The second-order valence-corrected chi connectivity index (χ2v) is 10.7. The normalized spacial score (nSPS) is 16.4. The van der Waals surface area contributed by atoms with Crippen molar-refractivity contribution in [3.63, 3.8) is 0 Å². The van der Waals surface area contributed by atoms with Crippen LogP contribution in [0.5, 0.6) is 11.5 Å². The van der Waals surface area contributed by atoms with Gasteiger partial charge in [-0.05, 0) is 55.7 Å². The van der Waals surface area contributed by atoms with Crippen molar-refractivity contribution in [2.24, 2.45) is 0 Å². The number of Topliss-reactive ketones (excluding diaryl/α,β-unsaturated/α-hetero) is 1. The van der Waals surface area contributed by atoms with Crippen LogP contribution < -0.4 is 14.4 Å². The Hall–Kier alpha value is -4.96. The molecule has 1 fully saturated rings. The molecule has 6 rings (SSSR count). The average molecular weight is 581 g/mol. The van der Waals surface area contributed by atoms with Gasteiger partial charge in [0.25, 0.3) is 5.78 Å². The predicted octanol–water partition coefficient (Wildman–Crippen LogP) is 6.01. The summed E-state index contributed by atoms with van der Waals surface area (Å²) in [4.78, 5) is 37.4. The number of aliphatic hydroxyl groups is 1. The number of hydrogen-bond acceptors (Lipinski definition) is 8. The number of ether oxygens (including phenoxy) is 2. The number of imidazole rings is 1. The molecule has 0 spiro atoms. The number of aromatic nitrogens is 3. The molecule has 1 aliphatic heterocycles. The van der Waals surface area contributed by atoms with Gasteiger partial charge >= 0.3 is 5.91 Å². The van der Waals surface area contributed by atoms with E-state index in [4.69, 9.17) is 9.47 Å². The summed E-state index contributed by atoms with van der Waals surface area (Å²) in [5.74, 6) is -0.974. The summed E-state index contributed by atoms with van der Waals surface area (Å²) < 4.78 is 13.9. The molecule has 0 saturated carbocycles. The van der Waals surface area contributed by atoms with E-state index in [0.717, 1.165) is 11.1 Å². The lowest BCUT2D eigenvalue weighted by atomic mass is 9.96. The highest BCUT2D eigenvalue weighted by atomic mass is 32.1. The van der Waals surface area contributed by atoms with Crippen LogP contribution in [0.1, 0.15) is 41.0 Å². The van der Waals surface area contributed by atoms with Crippen molar-refractivity contribution in [1.29, 1.82) is 0 Å². The summed E-state index contributed by atoms with van der Waals surface area (Å²) in [6.07, 6.45) is 3.41. The van der Waals surface area contributed by atoms with Crippen molar-refractivity contribution in [1.82, 2.24) is 14.4 Å². The summed E-state index contributed by atoms with van der Waals surface area (Å²) in [5.41, 5.74) is 3.93. The third kappa shape index (κ3) is 4.69. The maximum Gasteiger partial charge on any atom is 0.301 e. The van der Waals surface area contributed by atoms with Crippen LogP contribution in [0.3, 0.4) is 0 Å². The van der Waals surface area contributed by atoms with Gasteiger partial charge in [-0.2, -0.15) is 0 Å². The largest absolute Gasteiger partial charge is 0.505 e. The summed E-state index contributed by atoms with van der Waals surface area (Å²) in [5, 5.41) is 13.8. The molecule has 0 bridgehead atoms. The number of thiazole rings is 1. The van der Waals surface area contributed by atoms with E-state index in [2.05, 4.69) is 9.97 Å². The van der Waals surface area contributed by atoms with E-state index in [1.54, 1.807) is 29.8 Å². The van der Waals surface area contributed by atoms with E-state index >= 15 is 0 Å². The fourth-order valence-corrected chi connectivity index (χ4v) is 5.84. The zero-order valence-electron chi connectivity index (χ0n) is 23.3. The van der Waals surface area contributed by atoms with E-state index < -0.39 is 17.7 Å². The third-order valence-corrected chi connectivity index (χ3v) is 7.97. The van der Waals surface area contributed by atoms with Crippen molar-refractivity contribution >= 4 is 39.6 Å². The quantitative estimate of drug-likeness (QED) is 0.136. The summed E-state index contributed by atoms with van der Waals surface area (Å²) >= 11 is 1.23. The van der Waals surface area contributed by atoms with Gasteiger partial charge in [0.15, 0.2) is 22.4 Å². The molecule has 2 aromatic carbocycles. The molecule has 1 atom stereocenters. The molecule has 4 heterocycles. The van der Waals surface area contributed by atoms with Crippen molar-refractivity contribution in [2.75, 3.05) is 11.5 Å². The van der Waals surface area contributed by atoms with Gasteiger partial charge in [-0.3, -0.25) is 14.5 Å². The Labute approximate surface area is 246 Å². The second kappa shape index (κ2) is 11.1. The molecule has 212 valence electrons. The maximum atomic E-state index is 13.6. The zero-order chi connectivity index (χ0) is 29.4. The van der Waals surface area contributed by atoms with E-state index in [9.17, 15) is 14.7 Å². The fourth-order valence-electron chi connectivity index (χ4n) is 5.17. The van der Waals surface area contributed by atoms with Crippen LogP contribution in [0.15, 0.2) is 84.0 Å². The van der Waals surface area contributed by atoms with E-state index in [-0.39, 0.29) is 17.0 Å². The highest BCUT2D eigenvalue weighted by Crippen LogP contribution is 2.45. The van der Waals surface area contributed by atoms with Gasteiger partial charge in [0, 0.05) is 17.8 Å². The smallest absolute Gasteiger partial charge is 0.301 e. The lowest BCUT2D eigenvalue weighted by Gasteiger charge is -2.24. The Morgan fingerprint density at radius 2 is 1.83 bits per heavy atom. The standard InChI is InChI=1S/C32H28N4O5S/c1-4-40-24-17-22(12-13-23(24)41-18-21-10-6-5-7-11-21)27-25(29(38)31(39)36(27)32-33-14-16-42-32)28(37)26-20(3)35-15-8-9-19(2)30(35)34-26/h5-17,27,37H,4,18H2,1-3H3. The Balaban J connectivity index is 1.49. The monoisotopic (exact) mass is 580 g/mol. The van der Waals surface area contributed by atoms with Crippen LogP contribution in [0, 0.1) is 13.8 Å². The number of ketones is 1. The Bertz CT molecular complexity index is 1830. The number of hydrogen-bond donors (Lipinski definition) is 1. The number of rotatable bonds is 8. The van der Waals surface area contributed by atoms with Crippen LogP contribution in [-0.2, 0) is 16.2 Å². The fraction of sp³-hybridized carbons (Fsp3) is 0.188. The summed E-state index contributed by atoms with van der Waals surface area (Å²) in [7, 11) is 0. The summed E-state index contributed by atoms with van der Waals surface area (Å²) in [6.45, 7) is 6.31. The van der Waals surface area contributed by atoms with Gasteiger partial charge in [0.1, 0.15) is 17.9 Å². The first kappa shape index (κ1) is 27.2. The van der Waals surface area contributed by atoms with Gasteiger partial charge in [0.05, 0.1) is 23.9 Å². The molecule has 42 heavy (non-hydrogen) atoms. The number of anilines is 1. The third-order valence-electron chi connectivity index (χ3n) is 7.20. The van der Waals surface area contributed by atoms with Gasteiger partial charge in [-0.25, -0.2) is 9.97 Å². The molecular weight excluding hydrogens is 552 g/mol. The van der Waals surface area contributed by atoms with Crippen LogP contribution in [0.2, 0.25) is 0 Å². The number of benzene rings is 2.